The molecule has 0 aromatic heterocycles. The zero-order valence-corrected chi connectivity index (χ0v) is 17.7. The number of piperidine rings is 2. The van der Waals surface area contributed by atoms with E-state index in [2.05, 4.69) is 22.2 Å². The maximum Gasteiger partial charge on any atom is 0.251 e. The van der Waals surface area contributed by atoms with Gasteiger partial charge in [-0.3, -0.25) is 4.79 Å². The summed E-state index contributed by atoms with van der Waals surface area (Å²) in [4.78, 5) is 17.1. The van der Waals surface area contributed by atoms with Gasteiger partial charge in [-0.2, -0.15) is 0 Å². The van der Waals surface area contributed by atoms with Crippen molar-refractivity contribution in [2.24, 2.45) is 0 Å². The van der Waals surface area contributed by atoms with Crippen LogP contribution in [0.2, 0.25) is 0 Å². The first-order chi connectivity index (χ1) is 14.0. The number of carbonyl (C=O) groups excluding carboxylic acids is 1. The molecule has 1 amide bonds. The molecule has 1 unspecified atom stereocenters. The van der Waals surface area contributed by atoms with Gasteiger partial charge >= 0.3 is 0 Å². The van der Waals surface area contributed by atoms with Crippen molar-refractivity contribution < 1.29 is 19.4 Å². The lowest BCUT2D eigenvalue weighted by atomic mass is 10.1. The van der Waals surface area contributed by atoms with Crippen LogP contribution in [0.1, 0.15) is 42.5 Å². The normalized spacial score (nSPS) is 21.7. The Balaban J connectivity index is 1.46. The summed E-state index contributed by atoms with van der Waals surface area (Å²) in [6.07, 6.45) is 4.78. The number of methoxy groups -OCH3 is 1. The molecule has 7 heteroatoms. The highest BCUT2D eigenvalue weighted by atomic mass is 16.5. The van der Waals surface area contributed by atoms with Gasteiger partial charge in [0.2, 0.25) is 0 Å². The molecule has 2 aliphatic heterocycles. The third-order valence-electron chi connectivity index (χ3n) is 5.80. The maximum atomic E-state index is 12.5. The molecule has 2 heterocycles. The summed E-state index contributed by atoms with van der Waals surface area (Å²) in [7, 11) is 3.73. The van der Waals surface area contributed by atoms with E-state index < -0.39 is 0 Å². The number of nitrogens with zero attached hydrogens (tertiary/aromatic N) is 2. The van der Waals surface area contributed by atoms with E-state index in [9.17, 15) is 9.90 Å². The van der Waals surface area contributed by atoms with Crippen molar-refractivity contribution in [3.63, 3.8) is 0 Å². The van der Waals surface area contributed by atoms with Crippen LogP contribution in [-0.2, 0) is 0 Å². The Labute approximate surface area is 174 Å². The van der Waals surface area contributed by atoms with E-state index in [-0.39, 0.29) is 18.1 Å². The van der Waals surface area contributed by atoms with Crippen LogP contribution in [0, 0.1) is 0 Å². The van der Waals surface area contributed by atoms with Crippen LogP contribution in [0.3, 0.4) is 0 Å². The van der Waals surface area contributed by atoms with Crippen LogP contribution in [0.25, 0.3) is 0 Å². The Morgan fingerprint density at radius 2 is 2.00 bits per heavy atom. The second kappa shape index (κ2) is 10.8. The highest BCUT2D eigenvalue weighted by molar-refractivity contribution is 5.94. The molecule has 3 rings (SSSR count). The fourth-order valence-electron chi connectivity index (χ4n) is 4.03. The van der Waals surface area contributed by atoms with Crippen molar-refractivity contribution in [1.82, 2.24) is 15.1 Å². The lowest BCUT2D eigenvalue weighted by molar-refractivity contribution is 0.0697. The first kappa shape index (κ1) is 21.9. The molecule has 2 fully saturated rings. The summed E-state index contributed by atoms with van der Waals surface area (Å²) in [6.45, 7) is 5.34. The number of carbonyl (C=O) groups is 1. The molecule has 7 nitrogen and oxygen atoms in total. The van der Waals surface area contributed by atoms with Gasteiger partial charge in [0.05, 0.1) is 13.2 Å². The minimum absolute atomic E-state index is 0.104. The van der Waals surface area contributed by atoms with E-state index in [0.717, 1.165) is 64.8 Å². The third-order valence-corrected chi connectivity index (χ3v) is 5.80. The first-order valence-corrected chi connectivity index (χ1v) is 10.8. The van der Waals surface area contributed by atoms with Gasteiger partial charge in [-0.1, -0.05) is 0 Å². The van der Waals surface area contributed by atoms with Crippen molar-refractivity contribution in [1.29, 1.82) is 0 Å². The molecule has 1 atom stereocenters. The predicted molar refractivity (Wildman–Crippen MR) is 113 cm³/mol. The average molecular weight is 406 g/mol. The molecule has 2 N–H and O–H groups in total. The number of aliphatic hydroxyl groups is 1. The van der Waals surface area contributed by atoms with Gasteiger partial charge in [0.15, 0.2) is 11.5 Å². The van der Waals surface area contributed by atoms with Gasteiger partial charge in [0.1, 0.15) is 6.10 Å². The molecule has 1 aromatic rings. The number of likely N-dealkylation sites (tertiary alicyclic amines) is 2. The summed E-state index contributed by atoms with van der Waals surface area (Å²) in [5.41, 5.74) is 0.575. The summed E-state index contributed by atoms with van der Waals surface area (Å²) in [5.74, 6) is 1.19. The molecule has 1 aromatic carbocycles. The number of rotatable bonds is 8. The number of β-amino-alcohol motifs (C(OH)–C–C–N with tert-alkyl or cyclic N) is 1. The molecule has 29 heavy (non-hydrogen) atoms. The minimum Gasteiger partial charge on any atom is -0.493 e. The summed E-state index contributed by atoms with van der Waals surface area (Å²) in [5, 5.41) is 12.7. The Kier molecular flexibility index (Phi) is 8.15. The van der Waals surface area contributed by atoms with Crippen LogP contribution in [0.5, 0.6) is 11.5 Å². The monoisotopic (exact) mass is 405 g/mol. The number of amides is 1. The third kappa shape index (κ3) is 6.59. The topological polar surface area (TPSA) is 74.3 Å². The Morgan fingerprint density at radius 3 is 2.72 bits per heavy atom. The second-order valence-corrected chi connectivity index (χ2v) is 8.19. The Hall–Kier alpha value is -1.83. The smallest absolute Gasteiger partial charge is 0.251 e. The van der Waals surface area contributed by atoms with Crippen LogP contribution in [0.15, 0.2) is 18.2 Å². The van der Waals surface area contributed by atoms with Gasteiger partial charge in [0, 0.05) is 31.7 Å². The fraction of sp³-hybridized carbons (Fsp3) is 0.682. The number of hydrogen-bond donors (Lipinski definition) is 2. The van der Waals surface area contributed by atoms with Gasteiger partial charge < -0.3 is 29.7 Å². The second-order valence-electron chi connectivity index (χ2n) is 8.19. The molecule has 2 saturated heterocycles. The van der Waals surface area contributed by atoms with E-state index in [1.165, 1.54) is 0 Å². The van der Waals surface area contributed by atoms with E-state index in [1.54, 1.807) is 19.2 Å². The lowest BCUT2D eigenvalue weighted by Gasteiger charge is -2.30. The molecule has 0 saturated carbocycles. The number of hydrogen-bond acceptors (Lipinski definition) is 6. The van der Waals surface area contributed by atoms with Crippen LogP contribution >= 0.6 is 0 Å². The SMILES string of the molecule is COc1cc(C(=O)NCCCN2CCCC(O)C2)ccc1OC1CCN(C)CC1. The molecule has 0 radical (unpaired) electrons. The van der Waals surface area contributed by atoms with Crippen molar-refractivity contribution in [3.8, 4) is 11.5 Å². The number of ether oxygens (including phenoxy) is 2. The molecular formula is C22H35N3O4. The highest BCUT2D eigenvalue weighted by Gasteiger charge is 2.20. The summed E-state index contributed by atoms with van der Waals surface area (Å²) < 4.78 is 11.6. The van der Waals surface area contributed by atoms with Gasteiger partial charge in [-0.05, 0) is 70.4 Å². The van der Waals surface area contributed by atoms with E-state index in [1.807, 2.05) is 6.07 Å². The van der Waals surface area contributed by atoms with Crippen molar-refractivity contribution in [3.05, 3.63) is 23.8 Å². The average Bonchev–Trinajstić information content (AvgIpc) is 2.73. The van der Waals surface area contributed by atoms with Crippen molar-refractivity contribution >= 4 is 5.91 Å². The van der Waals surface area contributed by atoms with Crippen LogP contribution < -0.4 is 14.8 Å². The standard InChI is InChI=1S/C22H35N3O4/c1-24-13-8-19(9-14-24)29-20-7-6-17(15-21(20)28-2)22(27)23-10-4-12-25-11-3-5-18(26)16-25/h6-7,15,18-19,26H,3-5,8-14,16H2,1-2H3,(H,23,27). The zero-order chi connectivity index (χ0) is 20.6. The van der Waals surface area contributed by atoms with Gasteiger partial charge in [0.25, 0.3) is 5.91 Å². The van der Waals surface area contributed by atoms with E-state index in [0.29, 0.717) is 23.6 Å². The van der Waals surface area contributed by atoms with Crippen molar-refractivity contribution in [2.45, 2.75) is 44.3 Å². The number of nitrogens with one attached hydrogen (secondary N) is 1. The lowest BCUT2D eigenvalue weighted by Crippen LogP contribution is -2.39. The molecule has 0 aliphatic carbocycles. The fourth-order valence-corrected chi connectivity index (χ4v) is 4.03. The quantitative estimate of drug-likeness (QED) is 0.642. The maximum absolute atomic E-state index is 12.5. The summed E-state index contributed by atoms with van der Waals surface area (Å²) >= 11 is 0. The zero-order valence-electron chi connectivity index (χ0n) is 17.7. The molecule has 0 bridgehead atoms. The minimum atomic E-state index is -0.207. The number of benzene rings is 1. The van der Waals surface area contributed by atoms with Gasteiger partial charge in [-0.15, -0.1) is 0 Å². The predicted octanol–water partition coefficient (Wildman–Crippen LogP) is 1.74. The van der Waals surface area contributed by atoms with Gasteiger partial charge in [-0.25, -0.2) is 0 Å². The Morgan fingerprint density at radius 1 is 1.21 bits per heavy atom. The molecule has 162 valence electrons. The molecule has 2 aliphatic rings. The molecule has 0 spiro atoms. The Bertz CT molecular complexity index is 661. The van der Waals surface area contributed by atoms with E-state index >= 15 is 0 Å². The van der Waals surface area contributed by atoms with Crippen LogP contribution in [-0.4, -0.2) is 86.4 Å². The van der Waals surface area contributed by atoms with E-state index in [4.69, 9.17) is 9.47 Å². The number of aliphatic hydroxyl groups excluding tert-OH is 1. The van der Waals surface area contributed by atoms with Crippen LogP contribution in [0.4, 0.5) is 0 Å². The summed E-state index contributed by atoms with van der Waals surface area (Å²) in [6, 6.07) is 5.38. The van der Waals surface area contributed by atoms with Crippen molar-refractivity contribution in [2.75, 3.05) is 53.4 Å². The largest absolute Gasteiger partial charge is 0.493 e. The first-order valence-electron chi connectivity index (χ1n) is 10.8. The highest BCUT2D eigenvalue weighted by Crippen LogP contribution is 2.30. The molecular weight excluding hydrogens is 370 g/mol.